The molecule has 3 rings (SSSR count). The number of likely N-dealkylation sites (N-methyl/N-ethyl adjacent to an activating group) is 1. The Morgan fingerprint density at radius 2 is 1.84 bits per heavy atom. The smallest absolute Gasteiger partial charge is 0.290 e. The highest BCUT2D eigenvalue weighted by atomic mass is 19.1. The van der Waals surface area contributed by atoms with E-state index < -0.39 is 23.5 Å². The van der Waals surface area contributed by atoms with Crippen LogP contribution < -0.4 is 5.32 Å². The molecule has 0 aliphatic carbocycles. The van der Waals surface area contributed by atoms with Gasteiger partial charge in [0.2, 0.25) is 11.7 Å². The Morgan fingerprint density at radius 1 is 1.16 bits per heavy atom. The summed E-state index contributed by atoms with van der Waals surface area (Å²) in [5.41, 5.74) is 2.39. The van der Waals surface area contributed by atoms with Gasteiger partial charge in [-0.1, -0.05) is 30.3 Å². The number of Topliss-reactive ketones (excluding diaryl/α,β-unsaturated/α-hetero) is 1. The molecular weight excluding hydrogens is 323 g/mol. The number of hydrogen-bond acceptors (Lipinski definition) is 3. The predicted octanol–water partition coefficient (Wildman–Crippen LogP) is 1.77. The van der Waals surface area contributed by atoms with Gasteiger partial charge in [0.15, 0.2) is 0 Å². The summed E-state index contributed by atoms with van der Waals surface area (Å²) >= 11 is 0. The summed E-state index contributed by atoms with van der Waals surface area (Å²) in [7, 11) is 1.50. The first-order chi connectivity index (χ1) is 12.0. The van der Waals surface area contributed by atoms with Crippen LogP contribution in [0.15, 0.2) is 48.5 Å². The van der Waals surface area contributed by atoms with Crippen molar-refractivity contribution in [3.63, 3.8) is 0 Å². The van der Waals surface area contributed by atoms with E-state index in [1.54, 1.807) is 12.1 Å². The fraction of sp³-hybridized carbons (Fsp3) is 0.211. The van der Waals surface area contributed by atoms with Crippen molar-refractivity contribution >= 4 is 17.6 Å². The Labute approximate surface area is 144 Å². The first kappa shape index (κ1) is 16.8. The van der Waals surface area contributed by atoms with Crippen molar-refractivity contribution in [1.29, 1.82) is 0 Å². The molecule has 0 bridgehead atoms. The molecule has 128 valence electrons. The van der Waals surface area contributed by atoms with Gasteiger partial charge in [0, 0.05) is 20.1 Å². The van der Waals surface area contributed by atoms with Crippen LogP contribution in [-0.2, 0) is 20.9 Å². The van der Waals surface area contributed by atoms with Gasteiger partial charge in [-0.05, 0) is 34.9 Å². The Balaban J connectivity index is 1.68. The maximum atomic E-state index is 13.4. The van der Waals surface area contributed by atoms with Gasteiger partial charge in [-0.15, -0.1) is 0 Å². The quantitative estimate of drug-likeness (QED) is 0.681. The molecule has 1 saturated heterocycles. The Bertz CT molecular complexity index is 850. The number of likely N-dealkylation sites (tertiary alicyclic amines) is 1. The van der Waals surface area contributed by atoms with Crippen LogP contribution in [0.3, 0.4) is 0 Å². The number of ketones is 1. The van der Waals surface area contributed by atoms with Gasteiger partial charge >= 0.3 is 0 Å². The van der Waals surface area contributed by atoms with Crippen LogP contribution in [0.4, 0.5) is 4.39 Å². The van der Waals surface area contributed by atoms with E-state index >= 15 is 0 Å². The molecule has 6 heteroatoms. The van der Waals surface area contributed by atoms with E-state index in [2.05, 4.69) is 5.32 Å². The molecule has 1 aliphatic rings. The standard InChI is InChI=1S/C19H17FN2O3/c1-22-11-16(17(23)19(22)25)18(24)21-10-12-4-2-5-13(8-12)14-6-3-7-15(20)9-14/h2-9,16H,10-11H2,1H3,(H,21,24). The van der Waals surface area contributed by atoms with Crippen molar-refractivity contribution in [3.8, 4) is 11.1 Å². The number of carbonyl (C=O) groups is 3. The van der Waals surface area contributed by atoms with Crippen molar-refractivity contribution in [2.45, 2.75) is 6.54 Å². The average molecular weight is 340 g/mol. The lowest BCUT2D eigenvalue weighted by Gasteiger charge is -2.11. The monoisotopic (exact) mass is 340 g/mol. The molecule has 25 heavy (non-hydrogen) atoms. The number of benzene rings is 2. The van der Waals surface area contributed by atoms with Gasteiger partial charge in [-0.2, -0.15) is 0 Å². The highest BCUT2D eigenvalue weighted by molar-refractivity contribution is 6.42. The third kappa shape index (κ3) is 3.57. The summed E-state index contributed by atoms with van der Waals surface area (Å²) < 4.78 is 13.4. The summed E-state index contributed by atoms with van der Waals surface area (Å²) in [5.74, 6) is -3.03. The molecule has 1 heterocycles. The molecule has 1 atom stereocenters. The zero-order chi connectivity index (χ0) is 18.0. The molecule has 0 saturated carbocycles. The van der Waals surface area contributed by atoms with Crippen molar-refractivity contribution in [2.24, 2.45) is 5.92 Å². The van der Waals surface area contributed by atoms with E-state index in [1.165, 1.54) is 24.1 Å². The van der Waals surface area contributed by atoms with Gasteiger partial charge in [0.25, 0.3) is 5.91 Å². The molecule has 0 radical (unpaired) electrons. The Kier molecular flexibility index (Phi) is 4.61. The summed E-state index contributed by atoms with van der Waals surface area (Å²) in [6.07, 6.45) is 0. The molecule has 0 aromatic heterocycles. The molecule has 5 nitrogen and oxygen atoms in total. The van der Waals surface area contributed by atoms with E-state index in [-0.39, 0.29) is 18.9 Å². The van der Waals surface area contributed by atoms with Crippen molar-refractivity contribution in [2.75, 3.05) is 13.6 Å². The lowest BCUT2D eigenvalue weighted by molar-refractivity contribution is -0.142. The molecule has 2 aromatic carbocycles. The fourth-order valence-electron chi connectivity index (χ4n) is 2.82. The summed E-state index contributed by atoms with van der Waals surface area (Å²) in [4.78, 5) is 36.6. The lowest BCUT2D eigenvalue weighted by atomic mass is 10.0. The first-order valence-electron chi connectivity index (χ1n) is 7.87. The third-order valence-corrected chi connectivity index (χ3v) is 4.20. The average Bonchev–Trinajstić information content (AvgIpc) is 2.87. The molecule has 0 spiro atoms. The second-order valence-corrected chi connectivity index (χ2v) is 6.03. The summed E-state index contributed by atoms with van der Waals surface area (Å²) in [5, 5.41) is 2.69. The minimum absolute atomic E-state index is 0.104. The van der Waals surface area contributed by atoms with Crippen LogP contribution in [0.25, 0.3) is 11.1 Å². The zero-order valence-corrected chi connectivity index (χ0v) is 13.7. The zero-order valence-electron chi connectivity index (χ0n) is 13.7. The number of rotatable bonds is 4. The van der Waals surface area contributed by atoms with Crippen LogP contribution in [0.5, 0.6) is 0 Å². The maximum absolute atomic E-state index is 13.4. The number of amides is 2. The topological polar surface area (TPSA) is 66.5 Å². The van der Waals surface area contributed by atoms with Gasteiger partial charge in [0.05, 0.1) is 0 Å². The van der Waals surface area contributed by atoms with E-state index in [9.17, 15) is 18.8 Å². The molecule has 2 amide bonds. The molecule has 1 aliphatic heterocycles. The number of hydrogen-bond donors (Lipinski definition) is 1. The summed E-state index contributed by atoms with van der Waals surface area (Å²) in [6.45, 7) is 0.330. The van der Waals surface area contributed by atoms with Crippen LogP contribution in [-0.4, -0.2) is 36.1 Å². The van der Waals surface area contributed by atoms with E-state index in [4.69, 9.17) is 0 Å². The number of carbonyl (C=O) groups excluding carboxylic acids is 3. The number of nitrogens with zero attached hydrogens (tertiary/aromatic N) is 1. The highest BCUT2D eigenvalue weighted by Crippen LogP contribution is 2.21. The lowest BCUT2D eigenvalue weighted by Crippen LogP contribution is -2.35. The Morgan fingerprint density at radius 3 is 2.48 bits per heavy atom. The maximum Gasteiger partial charge on any atom is 0.290 e. The van der Waals surface area contributed by atoms with Gasteiger partial charge in [-0.25, -0.2) is 4.39 Å². The molecule has 1 N–H and O–H groups in total. The number of nitrogens with one attached hydrogen (secondary N) is 1. The van der Waals surface area contributed by atoms with Crippen LogP contribution in [0, 0.1) is 11.7 Å². The van der Waals surface area contributed by atoms with E-state index in [0.717, 1.165) is 16.7 Å². The molecular formula is C19H17FN2O3. The highest BCUT2D eigenvalue weighted by Gasteiger charge is 2.41. The van der Waals surface area contributed by atoms with Crippen LogP contribution in [0.2, 0.25) is 0 Å². The van der Waals surface area contributed by atoms with E-state index in [0.29, 0.717) is 0 Å². The fourth-order valence-corrected chi connectivity index (χ4v) is 2.82. The van der Waals surface area contributed by atoms with Crippen molar-refractivity contribution in [1.82, 2.24) is 10.2 Å². The Hall–Kier alpha value is -3.02. The van der Waals surface area contributed by atoms with Crippen LogP contribution in [0.1, 0.15) is 5.56 Å². The normalized spacial score (nSPS) is 17.0. The SMILES string of the molecule is CN1CC(C(=O)NCc2cccc(-c3cccc(F)c3)c2)C(=O)C1=O. The third-order valence-electron chi connectivity index (χ3n) is 4.20. The predicted molar refractivity (Wildman–Crippen MR) is 89.8 cm³/mol. The second-order valence-electron chi connectivity index (χ2n) is 6.03. The van der Waals surface area contributed by atoms with Crippen molar-refractivity contribution < 1.29 is 18.8 Å². The number of halogens is 1. The molecule has 1 fully saturated rings. The molecule has 2 aromatic rings. The minimum atomic E-state index is -0.955. The first-order valence-corrected chi connectivity index (χ1v) is 7.87. The van der Waals surface area contributed by atoms with Crippen LogP contribution >= 0.6 is 0 Å². The van der Waals surface area contributed by atoms with Gasteiger partial charge < -0.3 is 10.2 Å². The summed E-state index contributed by atoms with van der Waals surface area (Å²) in [6, 6.07) is 13.6. The second kappa shape index (κ2) is 6.84. The minimum Gasteiger partial charge on any atom is -0.351 e. The largest absolute Gasteiger partial charge is 0.351 e. The van der Waals surface area contributed by atoms with Gasteiger partial charge in [0.1, 0.15) is 11.7 Å². The van der Waals surface area contributed by atoms with E-state index in [1.807, 2.05) is 24.3 Å². The van der Waals surface area contributed by atoms with Gasteiger partial charge in [-0.3, -0.25) is 14.4 Å². The molecule has 1 unspecified atom stereocenters. The van der Waals surface area contributed by atoms with Crippen molar-refractivity contribution in [3.05, 3.63) is 59.9 Å².